The van der Waals surface area contributed by atoms with Crippen molar-refractivity contribution in [2.45, 2.75) is 25.3 Å². The molecule has 1 aromatic carbocycles. The van der Waals surface area contributed by atoms with Crippen LogP contribution >= 0.6 is 0 Å². The van der Waals surface area contributed by atoms with Crippen LogP contribution in [0.2, 0.25) is 0 Å². The molecule has 2 aliphatic rings. The van der Waals surface area contributed by atoms with Crippen LogP contribution in [0.15, 0.2) is 48.8 Å². The average Bonchev–Trinajstić information content (AvgIpc) is 3.50. The van der Waals surface area contributed by atoms with E-state index in [1.807, 2.05) is 41.3 Å². The molecule has 0 radical (unpaired) electrons. The van der Waals surface area contributed by atoms with Gasteiger partial charge in [-0.15, -0.1) is 0 Å². The van der Waals surface area contributed by atoms with Gasteiger partial charge in [0.05, 0.1) is 13.0 Å². The highest BCUT2D eigenvalue weighted by Gasteiger charge is 2.44. The molecule has 0 bridgehead atoms. The number of likely N-dealkylation sites (tertiary alicyclic amines) is 1. The maximum absolute atomic E-state index is 13.1. The summed E-state index contributed by atoms with van der Waals surface area (Å²) in [5.41, 5.74) is 1.99. The number of hydrogen-bond donors (Lipinski definition) is 1. The van der Waals surface area contributed by atoms with Crippen molar-refractivity contribution in [3.63, 3.8) is 0 Å². The van der Waals surface area contributed by atoms with Crippen LogP contribution in [0, 0.1) is 11.8 Å². The first kappa shape index (κ1) is 18.5. The summed E-state index contributed by atoms with van der Waals surface area (Å²) in [4.78, 5) is 31.6. The van der Waals surface area contributed by atoms with Crippen LogP contribution in [0.4, 0.5) is 0 Å². The van der Waals surface area contributed by atoms with Gasteiger partial charge in [-0.05, 0) is 42.2 Å². The number of rotatable bonds is 6. The van der Waals surface area contributed by atoms with Gasteiger partial charge in [-0.25, -0.2) is 0 Å². The summed E-state index contributed by atoms with van der Waals surface area (Å²) in [5.74, 6) is 0.706. The molecule has 2 atom stereocenters. The summed E-state index contributed by atoms with van der Waals surface area (Å²) in [6.45, 7) is 1.47. The minimum atomic E-state index is -0.291. The van der Waals surface area contributed by atoms with Gasteiger partial charge in [-0.1, -0.05) is 18.2 Å². The van der Waals surface area contributed by atoms with Gasteiger partial charge in [0.15, 0.2) is 0 Å². The maximum atomic E-state index is 13.1. The molecule has 1 saturated carbocycles. The zero-order chi connectivity index (χ0) is 19.5. The molecule has 2 aromatic rings. The van der Waals surface area contributed by atoms with E-state index >= 15 is 0 Å². The second kappa shape index (κ2) is 8.00. The molecule has 2 amide bonds. The van der Waals surface area contributed by atoms with Gasteiger partial charge >= 0.3 is 0 Å². The quantitative estimate of drug-likeness (QED) is 0.836. The molecule has 2 heterocycles. The lowest BCUT2D eigenvalue weighted by Gasteiger charge is -2.20. The van der Waals surface area contributed by atoms with Crippen LogP contribution in [0.5, 0.6) is 5.75 Å². The third kappa shape index (κ3) is 3.86. The van der Waals surface area contributed by atoms with Gasteiger partial charge in [-0.2, -0.15) is 0 Å². The summed E-state index contributed by atoms with van der Waals surface area (Å²) >= 11 is 0. The first-order valence-corrected chi connectivity index (χ1v) is 9.75. The topological polar surface area (TPSA) is 71.5 Å². The zero-order valence-electron chi connectivity index (χ0n) is 16.0. The van der Waals surface area contributed by atoms with Gasteiger partial charge in [0, 0.05) is 43.9 Å². The van der Waals surface area contributed by atoms with Crippen LogP contribution < -0.4 is 10.1 Å². The van der Waals surface area contributed by atoms with E-state index in [1.54, 1.807) is 19.5 Å². The standard InChI is InChI=1S/C22H25N3O3/c1-28-20-5-3-2-4-17(20)18-13-25(22(27)16-6-7-16)14-19(18)21(26)24-12-15-8-10-23-11-9-15/h2-5,8-11,16,18-19H,6-7,12-14H2,1H3,(H,24,26). The van der Waals surface area contributed by atoms with E-state index in [0.29, 0.717) is 19.6 Å². The highest BCUT2D eigenvalue weighted by Crippen LogP contribution is 2.40. The predicted octanol–water partition coefficient (Wildman–Crippen LogP) is 2.36. The molecule has 6 nitrogen and oxygen atoms in total. The Morgan fingerprint density at radius 1 is 1.14 bits per heavy atom. The molecule has 2 fully saturated rings. The zero-order valence-corrected chi connectivity index (χ0v) is 16.0. The molecular weight excluding hydrogens is 354 g/mol. The molecule has 6 heteroatoms. The molecule has 1 aromatic heterocycles. The van der Waals surface area contributed by atoms with Gasteiger partial charge < -0.3 is 15.0 Å². The molecule has 2 unspecified atom stereocenters. The Morgan fingerprint density at radius 3 is 2.61 bits per heavy atom. The highest BCUT2D eigenvalue weighted by molar-refractivity contribution is 5.85. The molecule has 1 aliphatic carbocycles. The van der Waals surface area contributed by atoms with Gasteiger partial charge in [0.2, 0.25) is 11.8 Å². The molecular formula is C22H25N3O3. The molecule has 1 saturated heterocycles. The maximum Gasteiger partial charge on any atom is 0.225 e. The van der Waals surface area contributed by atoms with E-state index in [0.717, 1.165) is 29.7 Å². The Bertz CT molecular complexity index is 851. The predicted molar refractivity (Wildman–Crippen MR) is 105 cm³/mol. The number of methoxy groups -OCH3 is 1. The lowest BCUT2D eigenvalue weighted by molar-refractivity contribution is -0.132. The lowest BCUT2D eigenvalue weighted by Crippen LogP contribution is -2.35. The normalized spacial score (nSPS) is 21.4. The van der Waals surface area contributed by atoms with Crippen LogP contribution in [0.3, 0.4) is 0 Å². The Morgan fingerprint density at radius 2 is 1.89 bits per heavy atom. The number of nitrogens with one attached hydrogen (secondary N) is 1. The number of carbonyl (C=O) groups excluding carboxylic acids is 2. The molecule has 4 rings (SSSR count). The Balaban J connectivity index is 1.54. The van der Waals surface area contributed by atoms with E-state index in [-0.39, 0.29) is 29.6 Å². The summed E-state index contributed by atoms with van der Waals surface area (Å²) in [5, 5.41) is 3.04. The molecule has 146 valence electrons. The van der Waals surface area contributed by atoms with Gasteiger partial charge in [-0.3, -0.25) is 14.6 Å². The molecule has 1 N–H and O–H groups in total. The fraction of sp³-hybridized carbons (Fsp3) is 0.409. The van der Waals surface area contributed by atoms with Crippen LogP contribution in [-0.2, 0) is 16.1 Å². The molecule has 1 aliphatic heterocycles. The Kier molecular flexibility index (Phi) is 5.28. The van der Waals surface area contributed by atoms with Crippen molar-refractivity contribution in [3.8, 4) is 5.75 Å². The van der Waals surface area contributed by atoms with E-state index in [2.05, 4.69) is 10.3 Å². The number of ether oxygens (including phenoxy) is 1. The second-order valence-corrected chi connectivity index (χ2v) is 7.55. The third-order valence-electron chi connectivity index (χ3n) is 5.65. The van der Waals surface area contributed by atoms with Crippen molar-refractivity contribution in [2.75, 3.05) is 20.2 Å². The second-order valence-electron chi connectivity index (χ2n) is 7.55. The number of nitrogens with zero attached hydrogens (tertiary/aromatic N) is 2. The molecule has 0 spiro atoms. The lowest BCUT2D eigenvalue weighted by atomic mass is 9.87. The first-order valence-electron chi connectivity index (χ1n) is 9.75. The number of benzene rings is 1. The summed E-state index contributed by atoms with van der Waals surface area (Å²) in [6.07, 6.45) is 5.36. The summed E-state index contributed by atoms with van der Waals surface area (Å²) < 4.78 is 5.53. The fourth-order valence-electron chi connectivity index (χ4n) is 3.95. The number of pyridine rings is 1. The van der Waals surface area contributed by atoms with Crippen molar-refractivity contribution >= 4 is 11.8 Å². The highest BCUT2D eigenvalue weighted by atomic mass is 16.5. The van der Waals surface area contributed by atoms with E-state index in [1.165, 1.54) is 0 Å². The number of amides is 2. The van der Waals surface area contributed by atoms with E-state index < -0.39 is 0 Å². The van der Waals surface area contributed by atoms with Gasteiger partial charge in [0.25, 0.3) is 0 Å². The van der Waals surface area contributed by atoms with E-state index in [4.69, 9.17) is 4.74 Å². The van der Waals surface area contributed by atoms with Crippen LogP contribution in [0.25, 0.3) is 0 Å². The number of carbonyl (C=O) groups is 2. The monoisotopic (exact) mass is 379 g/mol. The number of para-hydroxylation sites is 1. The minimum absolute atomic E-state index is 0.0289. The largest absolute Gasteiger partial charge is 0.496 e. The first-order chi connectivity index (χ1) is 13.7. The number of aromatic nitrogens is 1. The van der Waals surface area contributed by atoms with Crippen molar-refractivity contribution in [1.82, 2.24) is 15.2 Å². The van der Waals surface area contributed by atoms with Gasteiger partial charge in [0.1, 0.15) is 5.75 Å². The molecule has 28 heavy (non-hydrogen) atoms. The minimum Gasteiger partial charge on any atom is -0.496 e. The average molecular weight is 379 g/mol. The van der Waals surface area contributed by atoms with Crippen LogP contribution in [0.1, 0.15) is 29.9 Å². The van der Waals surface area contributed by atoms with E-state index in [9.17, 15) is 9.59 Å². The van der Waals surface area contributed by atoms with Crippen molar-refractivity contribution < 1.29 is 14.3 Å². The van der Waals surface area contributed by atoms with Crippen LogP contribution in [-0.4, -0.2) is 41.9 Å². The fourth-order valence-corrected chi connectivity index (χ4v) is 3.95. The Labute approximate surface area is 164 Å². The van der Waals surface area contributed by atoms with Crippen molar-refractivity contribution in [3.05, 3.63) is 59.9 Å². The Hall–Kier alpha value is -2.89. The van der Waals surface area contributed by atoms with Crippen molar-refractivity contribution in [2.24, 2.45) is 11.8 Å². The third-order valence-corrected chi connectivity index (χ3v) is 5.65. The number of hydrogen-bond acceptors (Lipinski definition) is 4. The smallest absolute Gasteiger partial charge is 0.225 e. The summed E-state index contributed by atoms with van der Waals surface area (Å²) in [7, 11) is 1.64. The van der Waals surface area contributed by atoms with Crippen molar-refractivity contribution in [1.29, 1.82) is 0 Å². The SMILES string of the molecule is COc1ccccc1C1CN(C(=O)C2CC2)CC1C(=O)NCc1ccncc1. The summed E-state index contributed by atoms with van der Waals surface area (Å²) in [6, 6.07) is 11.5.